The Kier molecular flexibility index (Phi) is 4.16. The van der Waals surface area contributed by atoms with Gasteiger partial charge in [-0.3, -0.25) is 14.8 Å². The van der Waals surface area contributed by atoms with Crippen molar-refractivity contribution in [2.75, 3.05) is 0 Å². The van der Waals surface area contributed by atoms with E-state index in [1.807, 2.05) is 46.2 Å². The molecule has 3 N–H and O–H groups in total. The summed E-state index contributed by atoms with van der Waals surface area (Å²) < 4.78 is 1.85. The number of nitrogens with zero attached hydrogens (tertiary/aromatic N) is 2. The van der Waals surface area contributed by atoms with Crippen LogP contribution in [0.4, 0.5) is 0 Å². The zero-order chi connectivity index (χ0) is 14.1. The number of rotatable bonds is 5. The molecule has 1 atom stereocenters. The van der Waals surface area contributed by atoms with E-state index in [9.17, 15) is 4.79 Å². The molecule has 5 heteroatoms. The number of nitrogens with one attached hydrogen (secondary N) is 1. The van der Waals surface area contributed by atoms with Gasteiger partial charge < -0.3 is 5.73 Å². The van der Waals surface area contributed by atoms with Crippen LogP contribution in [0.15, 0.2) is 0 Å². The predicted octanol–water partition coefficient (Wildman–Crippen LogP) is 1.05. The second-order valence-electron chi connectivity index (χ2n) is 5.45. The summed E-state index contributed by atoms with van der Waals surface area (Å²) in [6, 6.07) is 0.181. The summed E-state index contributed by atoms with van der Waals surface area (Å²) in [6.07, 6.45) is 0. The molecule has 0 aromatic carbocycles. The van der Waals surface area contributed by atoms with Crippen LogP contribution in [0.1, 0.15) is 37.7 Å². The van der Waals surface area contributed by atoms with Gasteiger partial charge in [0.25, 0.3) is 0 Å². The zero-order valence-corrected chi connectivity index (χ0v) is 12.2. The largest absolute Gasteiger partial charge is 0.368 e. The van der Waals surface area contributed by atoms with Gasteiger partial charge in [-0.15, -0.1) is 0 Å². The molecule has 0 aliphatic carbocycles. The van der Waals surface area contributed by atoms with E-state index < -0.39 is 5.54 Å². The first-order valence-corrected chi connectivity index (χ1v) is 6.25. The molecule has 102 valence electrons. The first-order chi connectivity index (χ1) is 8.17. The smallest absolute Gasteiger partial charge is 0.239 e. The van der Waals surface area contributed by atoms with E-state index in [1.54, 1.807) is 0 Å². The minimum Gasteiger partial charge on any atom is -0.368 e. The number of carbonyl (C=O) groups is 1. The van der Waals surface area contributed by atoms with Crippen LogP contribution in [0.3, 0.4) is 0 Å². The Hall–Kier alpha value is -1.36. The summed E-state index contributed by atoms with van der Waals surface area (Å²) in [5.74, 6) is -0.360. The number of aryl methyl sites for hydroxylation is 1. The summed E-state index contributed by atoms with van der Waals surface area (Å²) in [5, 5.41) is 7.68. The lowest BCUT2D eigenvalue weighted by Crippen LogP contribution is -2.58. The Bertz CT molecular complexity index is 450. The Balaban J connectivity index is 3.04. The maximum Gasteiger partial charge on any atom is 0.239 e. The van der Waals surface area contributed by atoms with E-state index in [0.717, 1.165) is 17.0 Å². The van der Waals surface area contributed by atoms with Gasteiger partial charge in [0.05, 0.1) is 12.2 Å². The van der Waals surface area contributed by atoms with Crippen LogP contribution >= 0.6 is 0 Å². The normalized spacial score (nSPS) is 14.8. The molecule has 1 aromatic rings. The molecule has 0 radical (unpaired) electrons. The molecule has 0 aliphatic rings. The van der Waals surface area contributed by atoms with Crippen molar-refractivity contribution < 1.29 is 4.79 Å². The van der Waals surface area contributed by atoms with Crippen molar-refractivity contribution in [2.45, 2.75) is 59.7 Å². The second-order valence-corrected chi connectivity index (χ2v) is 5.45. The lowest BCUT2D eigenvalue weighted by atomic mass is 10.0. The SMILES string of the molecule is Cc1nn(CC(C)(NC(C)C)C(N)=O)c(C)c1C. The molecule has 18 heavy (non-hydrogen) atoms. The number of amides is 1. The summed E-state index contributed by atoms with van der Waals surface area (Å²) in [7, 11) is 0. The van der Waals surface area contributed by atoms with Crippen molar-refractivity contribution in [3.63, 3.8) is 0 Å². The van der Waals surface area contributed by atoms with E-state index in [-0.39, 0.29) is 11.9 Å². The molecule has 0 saturated carbocycles. The van der Waals surface area contributed by atoms with Crippen LogP contribution < -0.4 is 11.1 Å². The van der Waals surface area contributed by atoms with Crippen LogP contribution in [-0.2, 0) is 11.3 Å². The van der Waals surface area contributed by atoms with Gasteiger partial charge in [0.1, 0.15) is 5.54 Å². The van der Waals surface area contributed by atoms with Crippen molar-refractivity contribution in [1.82, 2.24) is 15.1 Å². The quantitative estimate of drug-likeness (QED) is 0.822. The fourth-order valence-electron chi connectivity index (χ4n) is 2.07. The van der Waals surface area contributed by atoms with Crippen molar-refractivity contribution in [3.05, 3.63) is 17.0 Å². The minimum absolute atomic E-state index is 0.181. The maximum absolute atomic E-state index is 11.7. The highest BCUT2D eigenvalue weighted by molar-refractivity contribution is 5.84. The van der Waals surface area contributed by atoms with Crippen molar-refractivity contribution in [2.24, 2.45) is 5.73 Å². The first-order valence-electron chi connectivity index (χ1n) is 6.25. The van der Waals surface area contributed by atoms with Gasteiger partial charge in [-0.1, -0.05) is 0 Å². The maximum atomic E-state index is 11.7. The van der Waals surface area contributed by atoms with Crippen LogP contribution in [-0.4, -0.2) is 27.3 Å². The van der Waals surface area contributed by atoms with Gasteiger partial charge in [-0.05, 0) is 47.1 Å². The first kappa shape index (κ1) is 14.7. The van der Waals surface area contributed by atoms with Crippen LogP contribution in [0, 0.1) is 20.8 Å². The van der Waals surface area contributed by atoms with Gasteiger partial charge >= 0.3 is 0 Å². The van der Waals surface area contributed by atoms with Crippen molar-refractivity contribution in [1.29, 1.82) is 0 Å². The number of nitrogens with two attached hydrogens (primary N) is 1. The molecule has 5 nitrogen and oxygen atoms in total. The Morgan fingerprint density at radius 1 is 1.44 bits per heavy atom. The summed E-state index contributed by atoms with van der Waals surface area (Å²) in [6.45, 7) is 12.3. The molecule has 1 heterocycles. The molecule has 1 aromatic heterocycles. The van der Waals surface area contributed by atoms with Gasteiger partial charge in [0, 0.05) is 11.7 Å². The van der Waals surface area contributed by atoms with Gasteiger partial charge in [0.2, 0.25) is 5.91 Å². The monoisotopic (exact) mass is 252 g/mol. The fourth-order valence-corrected chi connectivity index (χ4v) is 2.07. The molecule has 0 aliphatic heterocycles. The van der Waals surface area contributed by atoms with E-state index in [4.69, 9.17) is 5.73 Å². The molecular weight excluding hydrogens is 228 g/mol. The number of hydrogen-bond acceptors (Lipinski definition) is 3. The van der Waals surface area contributed by atoms with Crippen molar-refractivity contribution >= 4 is 5.91 Å². The third kappa shape index (κ3) is 2.90. The highest BCUT2D eigenvalue weighted by atomic mass is 16.1. The van der Waals surface area contributed by atoms with Crippen molar-refractivity contribution in [3.8, 4) is 0 Å². The van der Waals surface area contributed by atoms with Gasteiger partial charge in [-0.2, -0.15) is 5.10 Å². The number of primary amides is 1. The summed E-state index contributed by atoms with van der Waals surface area (Å²) in [4.78, 5) is 11.7. The molecule has 0 spiro atoms. The van der Waals surface area contributed by atoms with Crippen LogP contribution in [0.2, 0.25) is 0 Å². The molecule has 0 saturated heterocycles. The molecule has 1 rings (SSSR count). The van der Waals surface area contributed by atoms with Gasteiger partial charge in [-0.25, -0.2) is 0 Å². The van der Waals surface area contributed by atoms with E-state index >= 15 is 0 Å². The lowest BCUT2D eigenvalue weighted by molar-refractivity contribution is -0.124. The number of aromatic nitrogens is 2. The standard InChI is InChI=1S/C13H24N4O/c1-8(2)15-13(6,12(14)18)7-17-11(5)9(3)10(4)16-17/h8,15H,7H2,1-6H3,(H2,14,18). The average Bonchev–Trinajstić information content (AvgIpc) is 2.45. The molecule has 0 fully saturated rings. The topological polar surface area (TPSA) is 72.9 Å². The molecule has 1 unspecified atom stereocenters. The fraction of sp³-hybridized carbons (Fsp3) is 0.692. The zero-order valence-electron chi connectivity index (χ0n) is 12.2. The van der Waals surface area contributed by atoms with Crippen LogP contribution in [0.5, 0.6) is 0 Å². The highest BCUT2D eigenvalue weighted by Crippen LogP contribution is 2.15. The Labute approximate surface area is 109 Å². The third-order valence-electron chi connectivity index (χ3n) is 3.36. The predicted molar refractivity (Wildman–Crippen MR) is 72.3 cm³/mol. The summed E-state index contributed by atoms with van der Waals surface area (Å²) in [5.41, 5.74) is 7.95. The molecule has 1 amide bonds. The minimum atomic E-state index is -0.788. The summed E-state index contributed by atoms with van der Waals surface area (Å²) >= 11 is 0. The number of hydrogen-bond donors (Lipinski definition) is 2. The van der Waals surface area contributed by atoms with E-state index in [2.05, 4.69) is 10.4 Å². The second kappa shape index (κ2) is 5.10. The Morgan fingerprint density at radius 3 is 2.33 bits per heavy atom. The molecule has 0 bridgehead atoms. The number of carbonyl (C=O) groups excluding carboxylic acids is 1. The van der Waals surface area contributed by atoms with E-state index in [1.165, 1.54) is 0 Å². The lowest BCUT2D eigenvalue weighted by Gasteiger charge is -2.30. The third-order valence-corrected chi connectivity index (χ3v) is 3.36. The molecular formula is C13H24N4O. The highest BCUT2D eigenvalue weighted by Gasteiger charge is 2.33. The van der Waals surface area contributed by atoms with Crippen LogP contribution in [0.25, 0.3) is 0 Å². The Morgan fingerprint density at radius 2 is 2.00 bits per heavy atom. The van der Waals surface area contributed by atoms with Gasteiger partial charge in [0.15, 0.2) is 0 Å². The van der Waals surface area contributed by atoms with E-state index in [0.29, 0.717) is 6.54 Å². The average molecular weight is 252 g/mol.